The Bertz CT molecular complexity index is 346. The van der Waals surface area contributed by atoms with Crippen LogP contribution in [0.15, 0.2) is 12.7 Å². The number of alkyl halides is 1. The number of urea groups is 1. The molecule has 1 saturated heterocycles. The number of amides is 2. The molecule has 122 valence electrons. The van der Waals surface area contributed by atoms with E-state index in [1.54, 1.807) is 0 Å². The van der Waals surface area contributed by atoms with Gasteiger partial charge in [-0.25, -0.2) is 4.79 Å². The van der Waals surface area contributed by atoms with Crippen molar-refractivity contribution in [3.8, 4) is 0 Å². The average Bonchev–Trinajstić information content (AvgIpc) is 2.49. The van der Waals surface area contributed by atoms with Crippen molar-refractivity contribution in [2.24, 2.45) is 0 Å². The van der Waals surface area contributed by atoms with E-state index in [-0.39, 0.29) is 19.0 Å². The van der Waals surface area contributed by atoms with Crippen molar-refractivity contribution in [2.75, 3.05) is 25.6 Å². The fourth-order valence-electron chi connectivity index (χ4n) is 1.90. The molecule has 21 heavy (non-hydrogen) atoms. The molecule has 0 bridgehead atoms. The van der Waals surface area contributed by atoms with E-state index in [0.29, 0.717) is 0 Å². The van der Waals surface area contributed by atoms with Crippen molar-refractivity contribution in [3.63, 3.8) is 0 Å². The molecule has 1 unspecified atom stereocenters. The maximum absolute atomic E-state index is 11.6. The maximum atomic E-state index is 11.6. The van der Waals surface area contributed by atoms with E-state index in [1.165, 1.54) is 6.08 Å². The van der Waals surface area contributed by atoms with E-state index in [1.807, 2.05) is 0 Å². The van der Waals surface area contributed by atoms with Crippen molar-refractivity contribution in [1.29, 1.82) is 0 Å². The summed E-state index contributed by atoms with van der Waals surface area (Å²) in [6, 6.07) is -1.58. The third kappa shape index (κ3) is 5.10. The van der Waals surface area contributed by atoms with Gasteiger partial charge in [-0.1, -0.05) is 6.08 Å². The molecular weight excluding hydrogens is 304 g/mol. The number of nitrogens with one attached hydrogen (secondary N) is 2. The second kappa shape index (κ2) is 9.19. The van der Waals surface area contributed by atoms with E-state index in [4.69, 9.17) is 26.2 Å². The number of aliphatic hydroxyl groups excluding tert-OH is 3. The van der Waals surface area contributed by atoms with Crippen LogP contribution < -0.4 is 10.6 Å². The van der Waals surface area contributed by atoms with Gasteiger partial charge in [0.2, 0.25) is 0 Å². The third-order valence-electron chi connectivity index (χ3n) is 2.94. The van der Waals surface area contributed by atoms with E-state index in [0.717, 1.165) is 0 Å². The smallest absolute Gasteiger partial charge is 0.315 e. The molecule has 2 amide bonds. The first-order chi connectivity index (χ1) is 10.0. The summed E-state index contributed by atoms with van der Waals surface area (Å²) in [5.74, 6) is 0.239. The summed E-state index contributed by atoms with van der Waals surface area (Å²) in [5.41, 5.74) is 0. The second-order valence-electron chi connectivity index (χ2n) is 4.44. The van der Waals surface area contributed by atoms with E-state index < -0.39 is 43.3 Å². The Hall–Kier alpha value is -0.900. The summed E-state index contributed by atoms with van der Waals surface area (Å²) in [6.07, 6.45) is -3.26. The third-order valence-corrected chi connectivity index (χ3v) is 3.13. The summed E-state index contributed by atoms with van der Waals surface area (Å²) in [6.45, 7) is 3.37. The number of ether oxygens (including phenoxy) is 2. The molecule has 0 aromatic carbocycles. The van der Waals surface area contributed by atoms with Crippen molar-refractivity contribution in [1.82, 2.24) is 10.6 Å². The number of carbonyl (C=O) groups is 1. The van der Waals surface area contributed by atoms with Crippen LogP contribution in [0.5, 0.6) is 0 Å². The summed E-state index contributed by atoms with van der Waals surface area (Å²) >= 11 is 5.46. The molecule has 8 nitrogen and oxygen atoms in total. The number of halogens is 1. The van der Waals surface area contributed by atoms with Gasteiger partial charge in [0.1, 0.15) is 24.4 Å². The highest BCUT2D eigenvalue weighted by atomic mass is 35.5. The van der Waals surface area contributed by atoms with Gasteiger partial charge in [-0.3, -0.25) is 0 Å². The van der Waals surface area contributed by atoms with Crippen LogP contribution >= 0.6 is 11.6 Å². The van der Waals surface area contributed by atoms with Gasteiger partial charge in [-0.2, -0.15) is 0 Å². The highest BCUT2D eigenvalue weighted by Gasteiger charge is 2.45. The van der Waals surface area contributed by atoms with Gasteiger partial charge in [0.15, 0.2) is 6.29 Å². The van der Waals surface area contributed by atoms with Crippen LogP contribution in [0, 0.1) is 0 Å². The molecule has 0 aromatic rings. The molecule has 1 aliphatic rings. The predicted octanol–water partition coefficient (Wildman–Crippen LogP) is -1.47. The fourth-order valence-corrected chi connectivity index (χ4v) is 2.00. The Balaban J connectivity index is 2.73. The van der Waals surface area contributed by atoms with E-state index >= 15 is 0 Å². The summed E-state index contributed by atoms with van der Waals surface area (Å²) in [5, 5.41) is 33.9. The zero-order valence-corrected chi connectivity index (χ0v) is 12.2. The SMILES string of the molecule is C=CCOC1O[C@H](CO)[C@@H](O)[C@H](O)[C@H]1NC(=O)NCCCl. The molecular formula is C12H21ClN2O6. The van der Waals surface area contributed by atoms with Gasteiger partial charge in [0, 0.05) is 12.4 Å². The van der Waals surface area contributed by atoms with Crippen molar-refractivity contribution < 1.29 is 29.6 Å². The first-order valence-electron chi connectivity index (χ1n) is 6.50. The first-order valence-corrected chi connectivity index (χ1v) is 7.03. The molecule has 0 radical (unpaired) electrons. The van der Waals surface area contributed by atoms with Crippen molar-refractivity contribution in [3.05, 3.63) is 12.7 Å². The molecule has 1 heterocycles. The highest BCUT2D eigenvalue weighted by molar-refractivity contribution is 6.18. The fraction of sp³-hybridized carbons (Fsp3) is 0.750. The van der Waals surface area contributed by atoms with Crippen LogP contribution in [-0.4, -0.2) is 77.6 Å². The Labute approximate surface area is 127 Å². The van der Waals surface area contributed by atoms with Crippen LogP contribution in [0.4, 0.5) is 4.79 Å². The normalized spacial score (nSPS) is 32.5. The minimum atomic E-state index is -1.35. The van der Waals surface area contributed by atoms with E-state index in [9.17, 15) is 15.0 Å². The molecule has 0 aliphatic carbocycles. The Morgan fingerprint density at radius 3 is 2.71 bits per heavy atom. The number of aliphatic hydroxyl groups is 3. The zero-order valence-electron chi connectivity index (χ0n) is 11.4. The van der Waals surface area contributed by atoms with Crippen LogP contribution in [0.2, 0.25) is 0 Å². The number of rotatable bonds is 7. The lowest BCUT2D eigenvalue weighted by molar-refractivity contribution is -0.266. The number of carbonyl (C=O) groups excluding carboxylic acids is 1. The van der Waals surface area contributed by atoms with Crippen LogP contribution in [0.25, 0.3) is 0 Å². The van der Waals surface area contributed by atoms with Crippen LogP contribution in [0.3, 0.4) is 0 Å². The average molecular weight is 325 g/mol. The number of hydrogen-bond donors (Lipinski definition) is 5. The van der Waals surface area contributed by atoms with Crippen LogP contribution in [-0.2, 0) is 9.47 Å². The topological polar surface area (TPSA) is 120 Å². The zero-order chi connectivity index (χ0) is 15.8. The van der Waals surface area contributed by atoms with E-state index in [2.05, 4.69) is 17.2 Å². The molecule has 1 fully saturated rings. The summed E-state index contributed by atoms with van der Waals surface area (Å²) < 4.78 is 10.6. The molecule has 9 heteroatoms. The van der Waals surface area contributed by atoms with Gasteiger partial charge in [0.05, 0.1) is 13.2 Å². The maximum Gasteiger partial charge on any atom is 0.315 e. The standard InChI is InChI=1S/C12H21ClN2O6/c1-2-5-20-11-8(15-12(19)14-4-3-13)10(18)9(17)7(6-16)21-11/h2,7-11,16-18H,1,3-6H2,(H2,14,15,19)/t7-,8-,9-,10-,11?/m1/s1. The van der Waals surface area contributed by atoms with Gasteiger partial charge >= 0.3 is 6.03 Å². The van der Waals surface area contributed by atoms with Gasteiger partial charge in [-0.15, -0.1) is 18.2 Å². The lowest BCUT2D eigenvalue weighted by Crippen LogP contribution is -2.65. The second-order valence-corrected chi connectivity index (χ2v) is 4.82. The quantitative estimate of drug-likeness (QED) is 0.288. The largest absolute Gasteiger partial charge is 0.394 e. The molecule has 0 aromatic heterocycles. The summed E-state index contributed by atoms with van der Waals surface area (Å²) in [7, 11) is 0. The van der Waals surface area contributed by atoms with Gasteiger partial charge in [-0.05, 0) is 0 Å². The molecule has 1 rings (SSSR count). The Morgan fingerprint density at radius 2 is 2.14 bits per heavy atom. The van der Waals surface area contributed by atoms with Crippen molar-refractivity contribution >= 4 is 17.6 Å². The lowest BCUT2D eigenvalue weighted by atomic mass is 9.97. The molecule has 1 aliphatic heterocycles. The number of hydrogen-bond acceptors (Lipinski definition) is 6. The molecule has 5 N–H and O–H groups in total. The Kier molecular flexibility index (Phi) is 7.94. The molecule has 5 atom stereocenters. The molecule has 0 spiro atoms. The highest BCUT2D eigenvalue weighted by Crippen LogP contribution is 2.22. The lowest BCUT2D eigenvalue weighted by Gasteiger charge is -2.42. The van der Waals surface area contributed by atoms with Crippen molar-refractivity contribution in [2.45, 2.75) is 30.6 Å². The first kappa shape index (κ1) is 18.1. The van der Waals surface area contributed by atoms with Gasteiger partial charge < -0.3 is 35.4 Å². The minimum Gasteiger partial charge on any atom is -0.394 e. The predicted molar refractivity (Wildman–Crippen MR) is 75.0 cm³/mol. The Morgan fingerprint density at radius 1 is 1.43 bits per heavy atom. The van der Waals surface area contributed by atoms with Gasteiger partial charge in [0.25, 0.3) is 0 Å². The summed E-state index contributed by atoms with van der Waals surface area (Å²) in [4.78, 5) is 11.6. The van der Waals surface area contributed by atoms with Crippen LogP contribution in [0.1, 0.15) is 0 Å². The monoisotopic (exact) mass is 324 g/mol. The minimum absolute atomic E-state index is 0.118. The molecule has 0 saturated carbocycles.